The summed E-state index contributed by atoms with van der Waals surface area (Å²) >= 11 is 3.46. The first-order valence-electron chi connectivity index (χ1n) is 9.21. The molecule has 1 aliphatic rings. The summed E-state index contributed by atoms with van der Waals surface area (Å²) in [6.07, 6.45) is 1.78. The van der Waals surface area contributed by atoms with Crippen LogP contribution in [0.4, 0.5) is 0 Å². The first-order chi connectivity index (χ1) is 13.5. The summed E-state index contributed by atoms with van der Waals surface area (Å²) in [7, 11) is 1.59. The molecule has 3 N–H and O–H groups in total. The predicted molar refractivity (Wildman–Crippen MR) is 109 cm³/mol. The molecule has 152 valence electrons. The van der Waals surface area contributed by atoms with Crippen molar-refractivity contribution in [3.05, 3.63) is 34.4 Å². The van der Waals surface area contributed by atoms with E-state index in [1.165, 1.54) is 0 Å². The molecule has 0 aliphatic carbocycles. The topological polar surface area (TPSA) is 97.9 Å². The number of hydrogen-bond acceptors (Lipinski definition) is 5. The van der Waals surface area contributed by atoms with E-state index in [1.807, 2.05) is 28.0 Å². The van der Waals surface area contributed by atoms with Crippen molar-refractivity contribution in [2.24, 2.45) is 0 Å². The molecule has 3 rings (SSSR count). The third-order valence-corrected chi connectivity index (χ3v) is 5.47. The second kappa shape index (κ2) is 9.51. The van der Waals surface area contributed by atoms with E-state index < -0.39 is 12.0 Å². The van der Waals surface area contributed by atoms with Crippen molar-refractivity contribution < 1.29 is 19.4 Å². The molecule has 0 radical (unpaired) electrons. The lowest BCUT2D eigenvalue weighted by Gasteiger charge is -2.37. The monoisotopic (exact) mass is 452 g/mol. The number of nitrogens with zero attached hydrogens (tertiary/aromatic N) is 2. The summed E-state index contributed by atoms with van der Waals surface area (Å²) in [4.78, 5) is 31.2. The van der Waals surface area contributed by atoms with E-state index in [4.69, 9.17) is 4.74 Å². The zero-order valence-electron chi connectivity index (χ0n) is 15.8. The molecule has 9 heteroatoms. The Bertz CT molecular complexity index is 832. The number of carboxylic acids is 1. The van der Waals surface area contributed by atoms with E-state index >= 15 is 0 Å². The van der Waals surface area contributed by atoms with Crippen LogP contribution in [0.5, 0.6) is 0 Å². The van der Waals surface area contributed by atoms with Gasteiger partial charge in [-0.2, -0.15) is 0 Å². The summed E-state index contributed by atoms with van der Waals surface area (Å²) in [5.41, 5.74) is 1.67. The minimum atomic E-state index is -0.869. The average molecular weight is 453 g/mol. The number of nitrogens with one attached hydrogen (secondary N) is 2. The zero-order valence-corrected chi connectivity index (χ0v) is 17.4. The summed E-state index contributed by atoms with van der Waals surface area (Å²) in [6.45, 7) is 3.76. The van der Waals surface area contributed by atoms with Crippen molar-refractivity contribution in [3.8, 4) is 0 Å². The molecule has 1 saturated heterocycles. The van der Waals surface area contributed by atoms with E-state index in [2.05, 4.69) is 26.2 Å². The predicted octanol–water partition coefficient (Wildman–Crippen LogP) is 1.44. The van der Waals surface area contributed by atoms with Gasteiger partial charge in [0.15, 0.2) is 0 Å². The highest BCUT2D eigenvalue weighted by atomic mass is 79.9. The van der Waals surface area contributed by atoms with E-state index in [9.17, 15) is 14.7 Å². The van der Waals surface area contributed by atoms with Gasteiger partial charge in [0.25, 0.3) is 0 Å². The maximum Gasteiger partial charge on any atom is 0.325 e. The van der Waals surface area contributed by atoms with Crippen molar-refractivity contribution in [1.82, 2.24) is 20.1 Å². The Morgan fingerprint density at radius 3 is 2.75 bits per heavy atom. The fraction of sp³-hybridized carbons (Fsp3) is 0.474. The number of hydrogen-bond donors (Lipinski definition) is 3. The molecule has 0 saturated carbocycles. The molecule has 2 aromatic rings. The smallest absolute Gasteiger partial charge is 0.325 e. The van der Waals surface area contributed by atoms with Gasteiger partial charge in [0.05, 0.1) is 13.2 Å². The highest BCUT2D eigenvalue weighted by Gasteiger charge is 2.32. The number of carboxylic acid groups (broad SMARTS) is 1. The molecule has 2 heterocycles. The molecule has 1 aliphatic heterocycles. The van der Waals surface area contributed by atoms with Crippen LogP contribution in [-0.2, 0) is 14.3 Å². The number of benzene rings is 1. The van der Waals surface area contributed by atoms with Gasteiger partial charge in [0.1, 0.15) is 6.04 Å². The van der Waals surface area contributed by atoms with Gasteiger partial charge in [-0.1, -0.05) is 15.9 Å². The van der Waals surface area contributed by atoms with Crippen LogP contribution >= 0.6 is 15.9 Å². The number of rotatable bonds is 8. The van der Waals surface area contributed by atoms with Crippen LogP contribution in [0, 0.1) is 0 Å². The first kappa shape index (κ1) is 20.8. The van der Waals surface area contributed by atoms with Crippen LogP contribution in [0.25, 0.3) is 10.9 Å². The molecular weight excluding hydrogens is 428 g/mol. The number of methoxy groups -OCH3 is 1. The molecule has 28 heavy (non-hydrogen) atoms. The van der Waals surface area contributed by atoms with Crippen molar-refractivity contribution in [1.29, 1.82) is 0 Å². The van der Waals surface area contributed by atoms with Gasteiger partial charge in [0, 0.05) is 67.0 Å². The number of amides is 1. The van der Waals surface area contributed by atoms with Crippen molar-refractivity contribution >= 4 is 38.7 Å². The number of aromatic nitrogens is 1. The SMILES string of the molecule is COCCNC(=O)CN1CCN([C@H](C(=O)O)c2c[nH]c3ccc(Br)cc23)CC1. The molecule has 0 spiro atoms. The number of fused-ring (bicyclic) bond motifs is 1. The Hall–Kier alpha value is -1.94. The fourth-order valence-corrected chi connectivity index (χ4v) is 3.92. The van der Waals surface area contributed by atoms with E-state index in [-0.39, 0.29) is 5.91 Å². The van der Waals surface area contributed by atoms with Crippen LogP contribution in [0.3, 0.4) is 0 Å². The summed E-state index contributed by atoms with van der Waals surface area (Å²) in [6, 6.07) is 5.08. The summed E-state index contributed by atoms with van der Waals surface area (Å²) in [5, 5.41) is 13.6. The van der Waals surface area contributed by atoms with Gasteiger partial charge in [0.2, 0.25) is 5.91 Å². The number of piperazine rings is 1. The number of carbonyl (C=O) groups excluding carboxylic acids is 1. The Balaban J connectivity index is 1.64. The Morgan fingerprint density at radius 1 is 1.32 bits per heavy atom. The van der Waals surface area contributed by atoms with Crippen LogP contribution < -0.4 is 5.32 Å². The van der Waals surface area contributed by atoms with Crippen molar-refractivity contribution in [3.63, 3.8) is 0 Å². The molecule has 0 bridgehead atoms. The maximum atomic E-state index is 12.1. The van der Waals surface area contributed by atoms with Crippen LogP contribution in [0.1, 0.15) is 11.6 Å². The fourth-order valence-electron chi connectivity index (χ4n) is 3.56. The molecule has 1 aromatic carbocycles. The van der Waals surface area contributed by atoms with Gasteiger partial charge in [-0.05, 0) is 18.2 Å². The highest BCUT2D eigenvalue weighted by Crippen LogP contribution is 2.31. The lowest BCUT2D eigenvalue weighted by atomic mass is 10.0. The Morgan fingerprint density at radius 2 is 2.07 bits per heavy atom. The second-order valence-corrected chi connectivity index (χ2v) is 7.75. The minimum Gasteiger partial charge on any atom is -0.480 e. The van der Waals surface area contributed by atoms with E-state index in [0.29, 0.717) is 45.9 Å². The molecule has 1 fully saturated rings. The maximum absolute atomic E-state index is 12.1. The first-order valence-corrected chi connectivity index (χ1v) is 10.00. The van der Waals surface area contributed by atoms with Crippen molar-refractivity contribution in [2.45, 2.75) is 6.04 Å². The average Bonchev–Trinajstić information content (AvgIpc) is 3.06. The molecule has 8 nitrogen and oxygen atoms in total. The van der Waals surface area contributed by atoms with Crippen LogP contribution in [0.2, 0.25) is 0 Å². The molecule has 1 amide bonds. The number of carbonyl (C=O) groups is 2. The normalized spacial score (nSPS) is 16.9. The second-order valence-electron chi connectivity index (χ2n) is 6.83. The third kappa shape index (κ3) is 4.91. The standard InChI is InChI=1S/C19H25BrN4O4/c1-28-9-4-21-17(25)12-23-5-7-24(8-6-23)18(19(26)27)15-11-22-16-3-2-13(20)10-14(15)16/h2-3,10-11,18,22H,4-9,12H2,1H3,(H,21,25)(H,26,27)/t18-/m0/s1. The number of ether oxygens (including phenoxy) is 1. The van der Waals surface area contributed by atoms with E-state index in [1.54, 1.807) is 13.3 Å². The van der Waals surface area contributed by atoms with E-state index in [0.717, 1.165) is 20.9 Å². The largest absolute Gasteiger partial charge is 0.480 e. The van der Waals surface area contributed by atoms with Crippen LogP contribution in [-0.4, -0.2) is 84.8 Å². The van der Waals surface area contributed by atoms with Gasteiger partial charge in [-0.25, -0.2) is 0 Å². The Kier molecular flexibility index (Phi) is 7.06. The lowest BCUT2D eigenvalue weighted by Crippen LogP contribution is -2.51. The number of H-pyrrole nitrogens is 1. The molecular formula is C19H25BrN4O4. The number of aromatic amines is 1. The Labute approximate surface area is 171 Å². The minimum absolute atomic E-state index is 0.0400. The van der Waals surface area contributed by atoms with Gasteiger partial charge in [-0.3, -0.25) is 19.4 Å². The number of aliphatic carboxylic acids is 1. The molecule has 0 unspecified atom stereocenters. The lowest BCUT2D eigenvalue weighted by molar-refractivity contribution is -0.144. The summed E-state index contributed by atoms with van der Waals surface area (Å²) in [5.74, 6) is -0.909. The van der Waals surface area contributed by atoms with Crippen LogP contribution in [0.15, 0.2) is 28.9 Å². The zero-order chi connectivity index (χ0) is 20.1. The number of halogens is 1. The third-order valence-electron chi connectivity index (χ3n) is 4.97. The molecule has 1 aromatic heterocycles. The van der Waals surface area contributed by atoms with Crippen molar-refractivity contribution in [2.75, 3.05) is 53.0 Å². The summed E-state index contributed by atoms with van der Waals surface area (Å²) < 4.78 is 5.83. The highest BCUT2D eigenvalue weighted by molar-refractivity contribution is 9.10. The quantitative estimate of drug-likeness (QED) is 0.524. The molecule has 1 atom stereocenters. The van der Waals surface area contributed by atoms with Gasteiger partial charge >= 0.3 is 5.97 Å². The van der Waals surface area contributed by atoms with Gasteiger partial charge < -0.3 is 20.1 Å². The van der Waals surface area contributed by atoms with Gasteiger partial charge in [-0.15, -0.1) is 0 Å².